The largest absolute Gasteiger partial charge is 0.498 e. The van der Waals surface area contributed by atoms with Crippen LogP contribution < -0.4 is 14.9 Å². The lowest BCUT2D eigenvalue weighted by molar-refractivity contribution is 0.00578. The van der Waals surface area contributed by atoms with Crippen molar-refractivity contribution in [2.24, 2.45) is 4.99 Å². The molecule has 0 spiro atoms. The van der Waals surface area contributed by atoms with E-state index in [1.54, 1.807) is 24.3 Å². The fourth-order valence-electron chi connectivity index (χ4n) is 2.56. The summed E-state index contributed by atoms with van der Waals surface area (Å²) in [7, 11) is -4.17. The lowest BCUT2D eigenvalue weighted by Crippen LogP contribution is -2.41. The van der Waals surface area contributed by atoms with Crippen LogP contribution in [0.4, 0.5) is 5.69 Å². The summed E-state index contributed by atoms with van der Waals surface area (Å²) in [5.41, 5.74) is -0.163. The molecule has 0 atom stereocenters. The van der Waals surface area contributed by atoms with Crippen LogP contribution in [0.3, 0.4) is 0 Å². The van der Waals surface area contributed by atoms with E-state index in [4.69, 9.17) is 14.0 Å². The van der Waals surface area contributed by atoms with Crippen LogP contribution in [0.2, 0.25) is 0 Å². The average Bonchev–Trinajstić information content (AvgIpc) is 2.76. The number of aliphatic imine (C=N–C) groups is 1. The van der Waals surface area contributed by atoms with E-state index in [1.165, 1.54) is 6.20 Å². The maximum atomic E-state index is 11.6. The number of nitrogens with one attached hydrogen (secondary N) is 1. The minimum atomic E-state index is -3.43. The average molecular weight is 406 g/mol. The van der Waals surface area contributed by atoms with Gasteiger partial charge in [0.15, 0.2) is 0 Å². The monoisotopic (exact) mass is 406 g/mol. The molecule has 0 radical (unpaired) electrons. The molecule has 9 heteroatoms. The predicted molar refractivity (Wildman–Crippen MR) is 114 cm³/mol. The Balaban J connectivity index is 2.50. The SMILES string of the molecule is C=N/C=C(\C=C/C)Oc1ccc(NS(C)(=O)=O)cc1B1OC(C)(C)C(C)(C)O1. The van der Waals surface area contributed by atoms with Crippen molar-refractivity contribution in [1.82, 2.24) is 0 Å². The van der Waals surface area contributed by atoms with Gasteiger partial charge in [-0.1, -0.05) is 6.08 Å². The van der Waals surface area contributed by atoms with Crippen LogP contribution >= 0.6 is 0 Å². The zero-order valence-corrected chi connectivity index (χ0v) is 18.0. The quantitative estimate of drug-likeness (QED) is 0.326. The van der Waals surface area contributed by atoms with Gasteiger partial charge in [0, 0.05) is 11.2 Å². The van der Waals surface area contributed by atoms with Crippen molar-refractivity contribution in [2.45, 2.75) is 45.8 Å². The van der Waals surface area contributed by atoms with Gasteiger partial charge in [-0.3, -0.25) is 9.71 Å². The number of sulfonamides is 1. The number of rotatable bonds is 7. The number of anilines is 1. The number of allylic oxidation sites excluding steroid dienone is 2. The molecule has 0 bridgehead atoms. The first-order valence-corrected chi connectivity index (χ1v) is 10.7. The number of hydrogen-bond donors (Lipinski definition) is 1. The normalized spacial score (nSPS) is 19.1. The Hall–Kier alpha value is -2.10. The molecule has 1 heterocycles. The Labute approximate surface area is 167 Å². The number of benzene rings is 1. The van der Waals surface area contributed by atoms with Crippen LogP contribution in [-0.4, -0.2) is 39.7 Å². The summed E-state index contributed by atoms with van der Waals surface area (Å²) in [5.74, 6) is 0.935. The molecule has 1 N–H and O–H groups in total. The molecule has 0 amide bonds. The molecule has 1 aliphatic heterocycles. The first-order valence-electron chi connectivity index (χ1n) is 8.82. The molecule has 0 saturated carbocycles. The van der Waals surface area contributed by atoms with E-state index in [-0.39, 0.29) is 0 Å². The van der Waals surface area contributed by atoms with Crippen molar-refractivity contribution in [3.05, 3.63) is 42.3 Å². The summed E-state index contributed by atoms with van der Waals surface area (Å²) >= 11 is 0. The standard InChI is InChI=1S/C19H27BN2O5S/c1-8-9-15(13-21-6)25-17-11-10-14(22-28(7,23)24)12-16(17)20-26-18(2,3)19(4,5)27-20/h8-13,22H,6H2,1-5,7H3/b9-8-,15-13+. The van der Waals surface area contributed by atoms with E-state index in [9.17, 15) is 8.42 Å². The van der Waals surface area contributed by atoms with Crippen molar-refractivity contribution in [2.75, 3.05) is 11.0 Å². The molecule has 0 unspecified atom stereocenters. The molecule has 1 aliphatic rings. The minimum Gasteiger partial charge on any atom is -0.456 e. The fraction of sp³-hybridized carbons (Fsp3) is 0.421. The molecule has 1 fully saturated rings. The van der Waals surface area contributed by atoms with Gasteiger partial charge >= 0.3 is 7.12 Å². The maximum absolute atomic E-state index is 11.6. The van der Waals surface area contributed by atoms with Crippen LogP contribution in [0.25, 0.3) is 0 Å². The lowest BCUT2D eigenvalue weighted by atomic mass is 9.78. The summed E-state index contributed by atoms with van der Waals surface area (Å²) in [6.07, 6.45) is 6.13. The van der Waals surface area contributed by atoms with E-state index in [0.29, 0.717) is 22.7 Å². The Kier molecular flexibility index (Phi) is 6.42. The highest BCUT2D eigenvalue weighted by Crippen LogP contribution is 2.37. The second-order valence-corrected chi connectivity index (χ2v) is 9.28. The molecule has 152 valence electrons. The summed E-state index contributed by atoms with van der Waals surface area (Å²) in [5, 5.41) is 0. The lowest BCUT2D eigenvalue weighted by Gasteiger charge is -2.32. The molecule has 28 heavy (non-hydrogen) atoms. The zero-order valence-electron chi connectivity index (χ0n) is 17.1. The first-order chi connectivity index (χ1) is 12.9. The van der Waals surface area contributed by atoms with Gasteiger partial charge in [-0.15, -0.1) is 0 Å². The van der Waals surface area contributed by atoms with Gasteiger partial charge in [0.05, 0.1) is 23.7 Å². The molecule has 7 nitrogen and oxygen atoms in total. The third-order valence-electron chi connectivity index (χ3n) is 4.60. The Morgan fingerprint density at radius 2 is 1.86 bits per heavy atom. The first kappa shape index (κ1) is 22.2. The topological polar surface area (TPSA) is 86.2 Å². The zero-order chi connectivity index (χ0) is 21.2. The van der Waals surface area contributed by atoms with E-state index in [1.807, 2.05) is 40.7 Å². The van der Waals surface area contributed by atoms with Gasteiger partial charge < -0.3 is 14.0 Å². The van der Waals surface area contributed by atoms with Gasteiger partial charge in [-0.05, 0) is 65.6 Å². The second-order valence-electron chi connectivity index (χ2n) is 7.53. The van der Waals surface area contributed by atoms with Crippen LogP contribution in [0.1, 0.15) is 34.6 Å². The fourth-order valence-corrected chi connectivity index (χ4v) is 3.11. The number of hydrogen-bond acceptors (Lipinski definition) is 6. The molecular weight excluding hydrogens is 379 g/mol. The highest BCUT2D eigenvalue weighted by molar-refractivity contribution is 7.92. The Morgan fingerprint density at radius 1 is 1.25 bits per heavy atom. The van der Waals surface area contributed by atoms with Gasteiger partial charge in [0.2, 0.25) is 10.0 Å². The highest BCUT2D eigenvalue weighted by Gasteiger charge is 2.52. The number of ether oxygens (including phenoxy) is 1. The minimum absolute atomic E-state index is 0.387. The summed E-state index contributed by atoms with van der Waals surface area (Å²) in [6.45, 7) is 13.1. The predicted octanol–water partition coefficient (Wildman–Crippen LogP) is 2.85. The van der Waals surface area contributed by atoms with Crippen LogP contribution in [0.5, 0.6) is 5.75 Å². The van der Waals surface area contributed by atoms with E-state index >= 15 is 0 Å². The van der Waals surface area contributed by atoms with Gasteiger partial charge in [0.25, 0.3) is 0 Å². The van der Waals surface area contributed by atoms with E-state index < -0.39 is 28.3 Å². The van der Waals surface area contributed by atoms with Crippen LogP contribution in [0.15, 0.2) is 47.3 Å². The molecule has 1 aromatic rings. The molecular formula is C19H27BN2O5S. The number of nitrogens with zero attached hydrogens (tertiary/aromatic N) is 1. The summed E-state index contributed by atoms with van der Waals surface area (Å²) < 4.78 is 43.9. The molecule has 1 aromatic carbocycles. The highest BCUT2D eigenvalue weighted by atomic mass is 32.2. The van der Waals surface area contributed by atoms with Gasteiger partial charge in [0.1, 0.15) is 11.5 Å². The smallest absolute Gasteiger partial charge is 0.456 e. The Morgan fingerprint density at radius 3 is 2.36 bits per heavy atom. The van der Waals surface area contributed by atoms with Crippen molar-refractivity contribution >= 4 is 35.0 Å². The van der Waals surface area contributed by atoms with Crippen LogP contribution in [-0.2, 0) is 19.3 Å². The van der Waals surface area contributed by atoms with Crippen molar-refractivity contribution in [3.63, 3.8) is 0 Å². The van der Waals surface area contributed by atoms with Crippen molar-refractivity contribution < 1.29 is 22.5 Å². The van der Waals surface area contributed by atoms with Gasteiger partial charge in [-0.25, -0.2) is 8.42 Å². The van der Waals surface area contributed by atoms with Crippen LogP contribution in [0, 0.1) is 0 Å². The van der Waals surface area contributed by atoms with Gasteiger partial charge in [-0.2, -0.15) is 0 Å². The molecule has 0 aromatic heterocycles. The third kappa shape index (κ3) is 5.24. The molecule has 2 rings (SSSR count). The maximum Gasteiger partial charge on any atom is 0.498 e. The van der Waals surface area contributed by atoms with E-state index in [2.05, 4.69) is 16.4 Å². The van der Waals surface area contributed by atoms with Crippen molar-refractivity contribution in [3.8, 4) is 5.75 Å². The third-order valence-corrected chi connectivity index (χ3v) is 5.20. The van der Waals surface area contributed by atoms with E-state index in [0.717, 1.165) is 6.26 Å². The molecule has 0 aliphatic carbocycles. The summed E-state index contributed by atoms with van der Waals surface area (Å²) in [6, 6.07) is 4.92. The summed E-state index contributed by atoms with van der Waals surface area (Å²) in [4.78, 5) is 3.75. The molecule has 1 saturated heterocycles. The van der Waals surface area contributed by atoms with Crippen molar-refractivity contribution in [1.29, 1.82) is 0 Å². The second kappa shape index (κ2) is 8.10. The Bertz CT molecular complexity index is 891.